The number of hydrogen-bond acceptors (Lipinski definition) is 3. The standard InChI is InChI=1S/C24H26N2O3/c1-18(2)16-25-23(27)15-19-10-12-21(13-11-19)26(17-20-7-4-3-5-8-20)24(28)22-9-6-14-29-22/h3-14,18H,15-17H2,1-2H3,(H,25,27). The Morgan fingerprint density at radius 1 is 0.931 bits per heavy atom. The number of carbonyl (C=O) groups excluding carboxylic acids is 2. The average molecular weight is 390 g/mol. The Morgan fingerprint density at radius 3 is 2.28 bits per heavy atom. The molecule has 0 unspecified atom stereocenters. The van der Waals surface area contributed by atoms with Crippen LogP contribution in [-0.2, 0) is 17.8 Å². The zero-order chi connectivity index (χ0) is 20.6. The highest BCUT2D eigenvalue weighted by Gasteiger charge is 2.20. The summed E-state index contributed by atoms with van der Waals surface area (Å²) in [4.78, 5) is 26.7. The first-order chi connectivity index (χ1) is 14.0. The first-order valence-corrected chi connectivity index (χ1v) is 9.78. The number of hydrogen-bond donors (Lipinski definition) is 1. The molecule has 0 aliphatic carbocycles. The fraction of sp³-hybridized carbons (Fsp3) is 0.250. The summed E-state index contributed by atoms with van der Waals surface area (Å²) in [7, 11) is 0. The maximum absolute atomic E-state index is 13.0. The molecule has 0 fully saturated rings. The molecule has 0 aliphatic rings. The highest BCUT2D eigenvalue weighted by molar-refractivity contribution is 6.04. The van der Waals surface area contributed by atoms with Crippen molar-refractivity contribution in [1.82, 2.24) is 5.32 Å². The average Bonchev–Trinajstić information content (AvgIpc) is 3.26. The van der Waals surface area contributed by atoms with E-state index in [0.29, 0.717) is 25.4 Å². The highest BCUT2D eigenvalue weighted by atomic mass is 16.3. The molecule has 5 heteroatoms. The van der Waals surface area contributed by atoms with Crippen LogP contribution in [0.15, 0.2) is 77.4 Å². The molecule has 5 nitrogen and oxygen atoms in total. The predicted octanol–water partition coefficient (Wildman–Crippen LogP) is 4.44. The third-order valence-electron chi connectivity index (χ3n) is 4.48. The SMILES string of the molecule is CC(C)CNC(=O)Cc1ccc(N(Cc2ccccc2)C(=O)c2ccco2)cc1. The Hall–Kier alpha value is -3.34. The van der Waals surface area contributed by atoms with Gasteiger partial charge in [0.2, 0.25) is 5.91 Å². The van der Waals surface area contributed by atoms with E-state index in [0.717, 1.165) is 16.8 Å². The quantitative estimate of drug-likeness (QED) is 0.618. The van der Waals surface area contributed by atoms with E-state index < -0.39 is 0 Å². The van der Waals surface area contributed by atoms with Gasteiger partial charge in [-0.15, -0.1) is 0 Å². The molecule has 150 valence electrons. The van der Waals surface area contributed by atoms with Crippen LogP contribution in [0, 0.1) is 5.92 Å². The molecule has 0 aliphatic heterocycles. The molecule has 0 radical (unpaired) electrons. The molecule has 0 saturated carbocycles. The van der Waals surface area contributed by atoms with E-state index in [1.807, 2.05) is 54.6 Å². The molecule has 1 aromatic heterocycles. The molecule has 0 atom stereocenters. The second kappa shape index (κ2) is 9.73. The van der Waals surface area contributed by atoms with Gasteiger partial charge in [-0.2, -0.15) is 0 Å². The molecule has 2 amide bonds. The fourth-order valence-corrected chi connectivity index (χ4v) is 2.94. The van der Waals surface area contributed by atoms with Crippen molar-refractivity contribution in [3.8, 4) is 0 Å². The zero-order valence-electron chi connectivity index (χ0n) is 16.8. The fourth-order valence-electron chi connectivity index (χ4n) is 2.94. The minimum atomic E-state index is -0.207. The summed E-state index contributed by atoms with van der Waals surface area (Å²) < 4.78 is 5.31. The van der Waals surface area contributed by atoms with E-state index in [1.165, 1.54) is 6.26 Å². The summed E-state index contributed by atoms with van der Waals surface area (Å²) in [6, 6.07) is 20.7. The van der Waals surface area contributed by atoms with Gasteiger partial charge in [-0.25, -0.2) is 0 Å². The lowest BCUT2D eigenvalue weighted by molar-refractivity contribution is -0.120. The molecule has 3 rings (SSSR count). The van der Waals surface area contributed by atoms with Crippen molar-refractivity contribution in [2.24, 2.45) is 5.92 Å². The molecule has 1 N–H and O–H groups in total. The molecule has 2 aromatic carbocycles. The summed E-state index contributed by atoms with van der Waals surface area (Å²) >= 11 is 0. The summed E-state index contributed by atoms with van der Waals surface area (Å²) in [5, 5.41) is 2.92. The normalized spacial score (nSPS) is 10.7. The number of anilines is 1. The second-order valence-corrected chi connectivity index (χ2v) is 7.40. The van der Waals surface area contributed by atoms with Gasteiger partial charge in [-0.3, -0.25) is 9.59 Å². The number of furan rings is 1. The minimum Gasteiger partial charge on any atom is -0.459 e. The summed E-state index contributed by atoms with van der Waals surface area (Å²) in [6.07, 6.45) is 1.81. The van der Waals surface area contributed by atoms with Gasteiger partial charge >= 0.3 is 0 Å². The highest BCUT2D eigenvalue weighted by Crippen LogP contribution is 2.21. The van der Waals surface area contributed by atoms with Crippen LogP contribution < -0.4 is 10.2 Å². The van der Waals surface area contributed by atoms with Crippen LogP contribution >= 0.6 is 0 Å². The lowest BCUT2D eigenvalue weighted by Crippen LogP contribution is -2.30. The molecule has 0 saturated heterocycles. The van der Waals surface area contributed by atoms with Gasteiger partial charge in [0.15, 0.2) is 5.76 Å². The lowest BCUT2D eigenvalue weighted by atomic mass is 10.1. The van der Waals surface area contributed by atoms with Crippen molar-refractivity contribution in [2.45, 2.75) is 26.8 Å². The largest absolute Gasteiger partial charge is 0.459 e. The number of rotatable bonds is 8. The second-order valence-electron chi connectivity index (χ2n) is 7.40. The first-order valence-electron chi connectivity index (χ1n) is 9.78. The molecule has 29 heavy (non-hydrogen) atoms. The van der Waals surface area contributed by atoms with Gasteiger partial charge in [0.1, 0.15) is 0 Å². The van der Waals surface area contributed by atoms with Crippen molar-refractivity contribution in [3.63, 3.8) is 0 Å². The smallest absolute Gasteiger partial charge is 0.294 e. The van der Waals surface area contributed by atoms with Gasteiger partial charge in [0.25, 0.3) is 5.91 Å². The van der Waals surface area contributed by atoms with E-state index >= 15 is 0 Å². The topological polar surface area (TPSA) is 62.6 Å². The number of amides is 2. The van der Waals surface area contributed by atoms with Crippen molar-refractivity contribution >= 4 is 17.5 Å². The molecular weight excluding hydrogens is 364 g/mol. The Balaban J connectivity index is 1.76. The lowest BCUT2D eigenvalue weighted by Gasteiger charge is -2.22. The Labute approximate surface area is 171 Å². The zero-order valence-corrected chi connectivity index (χ0v) is 16.8. The number of nitrogens with zero attached hydrogens (tertiary/aromatic N) is 1. The van der Waals surface area contributed by atoms with E-state index in [9.17, 15) is 9.59 Å². The van der Waals surface area contributed by atoms with Gasteiger partial charge in [0.05, 0.1) is 19.2 Å². The molecule has 1 heterocycles. The van der Waals surface area contributed by atoms with Gasteiger partial charge in [0, 0.05) is 12.2 Å². The number of carbonyl (C=O) groups is 2. The van der Waals surface area contributed by atoms with Crippen LogP contribution in [0.4, 0.5) is 5.69 Å². The molecule has 0 bridgehead atoms. The summed E-state index contributed by atoms with van der Waals surface area (Å²) in [5.74, 6) is 0.499. The van der Waals surface area contributed by atoms with Crippen LogP contribution in [0.1, 0.15) is 35.5 Å². The van der Waals surface area contributed by atoms with Gasteiger partial charge in [-0.05, 0) is 41.3 Å². The number of nitrogens with one attached hydrogen (secondary N) is 1. The Bertz CT molecular complexity index is 917. The summed E-state index contributed by atoms with van der Waals surface area (Å²) in [6.45, 7) is 5.22. The number of benzene rings is 2. The Kier molecular flexibility index (Phi) is 6.85. The summed E-state index contributed by atoms with van der Waals surface area (Å²) in [5.41, 5.74) is 2.67. The predicted molar refractivity (Wildman–Crippen MR) is 114 cm³/mol. The van der Waals surface area contributed by atoms with Crippen molar-refractivity contribution in [3.05, 3.63) is 89.9 Å². The van der Waals surface area contributed by atoms with Crippen molar-refractivity contribution in [2.75, 3.05) is 11.4 Å². The maximum atomic E-state index is 13.0. The van der Waals surface area contributed by atoms with Crippen LogP contribution in [0.3, 0.4) is 0 Å². The molecule has 3 aromatic rings. The van der Waals surface area contributed by atoms with Crippen molar-refractivity contribution in [1.29, 1.82) is 0 Å². The van der Waals surface area contributed by atoms with E-state index in [-0.39, 0.29) is 17.6 Å². The van der Waals surface area contributed by atoms with Crippen molar-refractivity contribution < 1.29 is 14.0 Å². The van der Waals surface area contributed by atoms with Crippen LogP contribution in [0.25, 0.3) is 0 Å². The van der Waals surface area contributed by atoms with Gasteiger partial charge in [-0.1, -0.05) is 56.3 Å². The first kappa shape index (κ1) is 20.4. The maximum Gasteiger partial charge on any atom is 0.294 e. The Morgan fingerprint density at radius 2 is 1.66 bits per heavy atom. The van der Waals surface area contributed by atoms with Crippen LogP contribution in [-0.4, -0.2) is 18.4 Å². The van der Waals surface area contributed by atoms with Crippen LogP contribution in [0.2, 0.25) is 0 Å². The molecule has 0 spiro atoms. The van der Waals surface area contributed by atoms with Crippen LogP contribution in [0.5, 0.6) is 0 Å². The van der Waals surface area contributed by atoms with E-state index in [1.54, 1.807) is 17.0 Å². The van der Waals surface area contributed by atoms with E-state index in [2.05, 4.69) is 19.2 Å². The monoisotopic (exact) mass is 390 g/mol. The third-order valence-corrected chi connectivity index (χ3v) is 4.48. The third kappa shape index (κ3) is 5.82. The van der Waals surface area contributed by atoms with E-state index in [4.69, 9.17) is 4.42 Å². The molecular formula is C24H26N2O3. The minimum absolute atomic E-state index is 0.000691. The van der Waals surface area contributed by atoms with Gasteiger partial charge < -0.3 is 14.6 Å².